The lowest BCUT2D eigenvalue weighted by molar-refractivity contribution is -0.152. The largest absolute Gasteiger partial charge is 0.480 e. The molecule has 1 aromatic heterocycles. The number of halogens is 1. The third-order valence-corrected chi connectivity index (χ3v) is 4.48. The van der Waals surface area contributed by atoms with Gasteiger partial charge in [-0.15, -0.1) is 0 Å². The first kappa shape index (κ1) is 17.4. The van der Waals surface area contributed by atoms with E-state index in [-0.39, 0.29) is 18.7 Å². The minimum atomic E-state index is -0.948. The average molecular weight is 364 g/mol. The number of amides is 1. The van der Waals surface area contributed by atoms with Crippen LogP contribution in [0.2, 0.25) is 5.02 Å². The van der Waals surface area contributed by atoms with Crippen LogP contribution in [0.5, 0.6) is 0 Å². The van der Waals surface area contributed by atoms with Crippen LogP contribution < -0.4 is 0 Å². The number of aromatic nitrogens is 2. The number of hydrogen-bond donors (Lipinski definition) is 1. The molecule has 2 aromatic rings. The standard InChI is InChI=1S/C17H18ClN3O4/c18-12-6-4-11(5-7-12)16-19-14(25-20-16)8-9-15(22)21-10-2-1-3-13(21)17(23)24/h4-7,13H,1-3,8-10H2,(H,23,24). The summed E-state index contributed by atoms with van der Waals surface area (Å²) >= 11 is 5.85. The maximum atomic E-state index is 12.4. The quantitative estimate of drug-likeness (QED) is 0.877. The van der Waals surface area contributed by atoms with Crippen LogP contribution in [0.3, 0.4) is 0 Å². The lowest BCUT2D eigenvalue weighted by Crippen LogP contribution is -2.48. The molecule has 3 rings (SSSR count). The van der Waals surface area contributed by atoms with E-state index >= 15 is 0 Å². The summed E-state index contributed by atoms with van der Waals surface area (Å²) in [6.45, 7) is 0.482. The van der Waals surface area contributed by atoms with Crippen molar-refractivity contribution in [2.75, 3.05) is 6.54 Å². The summed E-state index contributed by atoms with van der Waals surface area (Å²) in [4.78, 5) is 29.4. The number of likely N-dealkylation sites (tertiary alicyclic amines) is 1. The molecule has 0 bridgehead atoms. The molecule has 7 nitrogen and oxygen atoms in total. The molecule has 1 aliphatic rings. The molecule has 0 spiro atoms. The van der Waals surface area contributed by atoms with E-state index in [0.717, 1.165) is 18.4 Å². The van der Waals surface area contributed by atoms with Crippen molar-refractivity contribution in [3.05, 3.63) is 35.2 Å². The topological polar surface area (TPSA) is 96.5 Å². The van der Waals surface area contributed by atoms with E-state index in [9.17, 15) is 14.7 Å². The van der Waals surface area contributed by atoms with Crippen LogP contribution in [0.1, 0.15) is 31.6 Å². The van der Waals surface area contributed by atoms with Crippen molar-refractivity contribution in [3.63, 3.8) is 0 Å². The van der Waals surface area contributed by atoms with Gasteiger partial charge in [-0.1, -0.05) is 16.8 Å². The lowest BCUT2D eigenvalue weighted by Gasteiger charge is -2.32. The van der Waals surface area contributed by atoms with Crippen LogP contribution in [0, 0.1) is 0 Å². The SMILES string of the molecule is O=C(O)C1CCCCN1C(=O)CCc1nc(-c2ccc(Cl)cc2)no1. The first-order valence-electron chi connectivity index (χ1n) is 8.15. The number of carboxylic acids is 1. The lowest BCUT2D eigenvalue weighted by atomic mass is 10.0. The number of nitrogens with zero attached hydrogens (tertiary/aromatic N) is 3. The van der Waals surface area contributed by atoms with Crippen LogP contribution in [0.25, 0.3) is 11.4 Å². The molecule has 8 heteroatoms. The van der Waals surface area contributed by atoms with Gasteiger partial charge >= 0.3 is 5.97 Å². The zero-order chi connectivity index (χ0) is 17.8. The summed E-state index contributed by atoms with van der Waals surface area (Å²) in [5.74, 6) is -0.364. The number of hydrogen-bond acceptors (Lipinski definition) is 5. The molecule has 25 heavy (non-hydrogen) atoms. The highest BCUT2D eigenvalue weighted by atomic mass is 35.5. The summed E-state index contributed by atoms with van der Waals surface area (Å²) < 4.78 is 5.18. The van der Waals surface area contributed by atoms with Gasteiger partial charge in [-0.3, -0.25) is 4.79 Å². The second kappa shape index (κ2) is 7.65. The van der Waals surface area contributed by atoms with Gasteiger partial charge in [0.2, 0.25) is 17.6 Å². The molecule has 0 aliphatic carbocycles. The molecule has 1 fully saturated rings. The van der Waals surface area contributed by atoms with E-state index in [1.54, 1.807) is 24.3 Å². The Kier molecular flexibility index (Phi) is 5.33. The van der Waals surface area contributed by atoms with Crippen molar-refractivity contribution in [2.45, 2.75) is 38.1 Å². The number of carboxylic acid groups (broad SMARTS) is 1. The second-order valence-corrected chi connectivity index (χ2v) is 6.39. The van der Waals surface area contributed by atoms with Gasteiger partial charge in [-0.2, -0.15) is 4.98 Å². The van der Waals surface area contributed by atoms with E-state index in [4.69, 9.17) is 16.1 Å². The van der Waals surface area contributed by atoms with Gasteiger partial charge in [-0.25, -0.2) is 4.79 Å². The van der Waals surface area contributed by atoms with Crippen molar-refractivity contribution >= 4 is 23.5 Å². The zero-order valence-electron chi connectivity index (χ0n) is 13.5. The van der Waals surface area contributed by atoms with Gasteiger partial charge in [0.05, 0.1) is 0 Å². The smallest absolute Gasteiger partial charge is 0.326 e. The second-order valence-electron chi connectivity index (χ2n) is 5.96. The molecule has 0 saturated carbocycles. The molecule has 132 valence electrons. The molecule has 1 amide bonds. The Morgan fingerprint density at radius 3 is 2.76 bits per heavy atom. The monoisotopic (exact) mass is 363 g/mol. The summed E-state index contributed by atoms with van der Waals surface area (Å²) in [5.41, 5.74) is 0.771. The molecule has 1 saturated heterocycles. The molecular formula is C17H18ClN3O4. The van der Waals surface area contributed by atoms with Crippen molar-refractivity contribution in [3.8, 4) is 11.4 Å². The van der Waals surface area contributed by atoms with Gasteiger partial charge < -0.3 is 14.5 Å². The molecule has 0 radical (unpaired) electrons. The number of carbonyl (C=O) groups excluding carboxylic acids is 1. The fourth-order valence-corrected chi connectivity index (χ4v) is 3.04. The van der Waals surface area contributed by atoms with E-state index in [1.807, 2.05) is 0 Å². The van der Waals surface area contributed by atoms with Gasteiger partial charge in [0, 0.05) is 30.0 Å². The number of carbonyl (C=O) groups is 2. The molecule has 1 unspecified atom stereocenters. The van der Waals surface area contributed by atoms with E-state index in [0.29, 0.717) is 29.7 Å². The normalized spacial score (nSPS) is 17.5. The van der Waals surface area contributed by atoms with Crippen molar-refractivity contribution in [1.29, 1.82) is 0 Å². The molecule has 1 aliphatic heterocycles. The van der Waals surface area contributed by atoms with Crippen molar-refractivity contribution in [2.24, 2.45) is 0 Å². The van der Waals surface area contributed by atoms with Crippen LogP contribution in [-0.4, -0.2) is 44.6 Å². The fraction of sp³-hybridized carbons (Fsp3) is 0.412. The van der Waals surface area contributed by atoms with Crippen LogP contribution in [0.15, 0.2) is 28.8 Å². The average Bonchev–Trinajstić information content (AvgIpc) is 3.09. The Balaban J connectivity index is 1.61. The molecule has 1 atom stereocenters. The van der Waals surface area contributed by atoms with Gasteiger partial charge in [0.25, 0.3) is 0 Å². The van der Waals surface area contributed by atoms with E-state index < -0.39 is 12.0 Å². The maximum absolute atomic E-state index is 12.4. The Labute approximate surface area is 149 Å². The first-order valence-corrected chi connectivity index (χ1v) is 8.53. The highest BCUT2D eigenvalue weighted by Crippen LogP contribution is 2.21. The van der Waals surface area contributed by atoms with E-state index in [1.165, 1.54) is 4.90 Å². The number of aryl methyl sites for hydroxylation is 1. The number of piperidine rings is 1. The summed E-state index contributed by atoms with van der Waals surface area (Å²) in [6, 6.07) is 6.31. The summed E-state index contributed by atoms with van der Waals surface area (Å²) in [6.07, 6.45) is 2.59. The summed E-state index contributed by atoms with van der Waals surface area (Å²) in [7, 11) is 0. The van der Waals surface area contributed by atoms with Gasteiger partial charge in [0.15, 0.2) is 0 Å². The minimum Gasteiger partial charge on any atom is -0.480 e. The highest BCUT2D eigenvalue weighted by Gasteiger charge is 2.31. The molecular weight excluding hydrogens is 346 g/mol. The molecule has 1 aromatic carbocycles. The van der Waals surface area contributed by atoms with Crippen LogP contribution >= 0.6 is 11.6 Å². The van der Waals surface area contributed by atoms with Crippen molar-refractivity contribution in [1.82, 2.24) is 15.0 Å². The number of aliphatic carboxylic acids is 1. The predicted octanol–water partition coefficient (Wildman–Crippen LogP) is 2.79. The fourth-order valence-electron chi connectivity index (χ4n) is 2.92. The first-order chi connectivity index (χ1) is 12.0. The maximum Gasteiger partial charge on any atom is 0.326 e. The van der Waals surface area contributed by atoms with Gasteiger partial charge in [-0.05, 0) is 43.5 Å². The summed E-state index contributed by atoms with van der Waals surface area (Å²) in [5, 5.41) is 13.8. The van der Waals surface area contributed by atoms with Crippen LogP contribution in [-0.2, 0) is 16.0 Å². The minimum absolute atomic E-state index is 0.145. The predicted molar refractivity (Wildman–Crippen MR) is 90.1 cm³/mol. The number of benzene rings is 1. The van der Waals surface area contributed by atoms with E-state index in [2.05, 4.69) is 10.1 Å². The zero-order valence-corrected chi connectivity index (χ0v) is 14.3. The Morgan fingerprint density at radius 2 is 2.04 bits per heavy atom. The van der Waals surface area contributed by atoms with Crippen molar-refractivity contribution < 1.29 is 19.2 Å². The number of rotatable bonds is 5. The van der Waals surface area contributed by atoms with Gasteiger partial charge in [0.1, 0.15) is 6.04 Å². The highest BCUT2D eigenvalue weighted by molar-refractivity contribution is 6.30. The Bertz CT molecular complexity index is 760. The van der Waals surface area contributed by atoms with Crippen LogP contribution in [0.4, 0.5) is 0 Å². The third kappa shape index (κ3) is 4.17. The third-order valence-electron chi connectivity index (χ3n) is 4.23. The Hall–Kier alpha value is -2.41. The molecule has 1 N–H and O–H groups in total. The Morgan fingerprint density at radius 1 is 1.28 bits per heavy atom. The molecule has 2 heterocycles.